The summed E-state index contributed by atoms with van der Waals surface area (Å²) < 4.78 is 10.5. The molecule has 2 aromatic carbocycles. The van der Waals surface area contributed by atoms with E-state index in [1.165, 1.54) is 0 Å². The Hall–Kier alpha value is -2.69. The number of carbonyl (C=O) groups is 1. The molecule has 3 N–H and O–H groups in total. The molecule has 3 rings (SSSR count). The number of ether oxygens (including phenoxy) is 2. The van der Waals surface area contributed by atoms with Gasteiger partial charge < -0.3 is 20.5 Å². The van der Waals surface area contributed by atoms with Crippen molar-refractivity contribution < 1.29 is 14.3 Å². The Morgan fingerprint density at radius 2 is 2.00 bits per heavy atom. The second-order valence-corrected chi connectivity index (χ2v) is 4.54. The third-order valence-electron chi connectivity index (χ3n) is 3.26. The van der Waals surface area contributed by atoms with E-state index in [1.54, 1.807) is 30.3 Å². The first-order chi connectivity index (χ1) is 9.65. The van der Waals surface area contributed by atoms with Gasteiger partial charge in [0.25, 0.3) is 5.91 Å². The van der Waals surface area contributed by atoms with Crippen LogP contribution in [0.2, 0.25) is 0 Å². The van der Waals surface area contributed by atoms with Crippen molar-refractivity contribution in [1.29, 1.82) is 0 Å². The molecule has 20 heavy (non-hydrogen) atoms. The van der Waals surface area contributed by atoms with E-state index in [-0.39, 0.29) is 12.7 Å². The number of rotatable bonds is 2. The van der Waals surface area contributed by atoms with Gasteiger partial charge in [0, 0.05) is 16.9 Å². The minimum atomic E-state index is -0.211. The van der Waals surface area contributed by atoms with Crippen molar-refractivity contribution in [3.05, 3.63) is 47.5 Å². The molecule has 1 aliphatic rings. The number of anilines is 2. The van der Waals surface area contributed by atoms with E-state index in [4.69, 9.17) is 15.2 Å². The Kier molecular flexibility index (Phi) is 2.95. The quantitative estimate of drug-likeness (QED) is 0.822. The van der Waals surface area contributed by atoms with Crippen molar-refractivity contribution in [2.24, 2.45) is 0 Å². The van der Waals surface area contributed by atoms with Crippen LogP contribution >= 0.6 is 0 Å². The zero-order chi connectivity index (χ0) is 14.1. The molecule has 0 unspecified atom stereocenters. The molecule has 0 radical (unpaired) electrons. The second-order valence-electron chi connectivity index (χ2n) is 4.54. The van der Waals surface area contributed by atoms with Gasteiger partial charge in [-0.15, -0.1) is 0 Å². The molecule has 0 atom stereocenters. The highest BCUT2D eigenvalue weighted by atomic mass is 16.7. The Bertz CT molecular complexity index is 683. The van der Waals surface area contributed by atoms with Crippen molar-refractivity contribution in [1.82, 2.24) is 0 Å². The fourth-order valence-electron chi connectivity index (χ4n) is 2.02. The van der Waals surface area contributed by atoms with E-state index in [0.717, 1.165) is 5.56 Å². The summed E-state index contributed by atoms with van der Waals surface area (Å²) in [7, 11) is 0. The average Bonchev–Trinajstić information content (AvgIpc) is 2.91. The molecule has 5 nitrogen and oxygen atoms in total. The van der Waals surface area contributed by atoms with E-state index in [1.807, 2.05) is 13.0 Å². The standard InChI is InChI=1S/C15H14N2O3/c1-9-11(16)3-2-4-12(9)17-15(18)10-5-6-13-14(7-10)20-8-19-13/h2-7H,8,16H2,1H3,(H,17,18). The number of hydrogen-bond acceptors (Lipinski definition) is 4. The lowest BCUT2D eigenvalue weighted by molar-refractivity contribution is 0.102. The summed E-state index contributed by atoms with van der Waals surface area (Å²) in [5.41, 5.74) is 8.53. The van der Waals surface area contributed by atoms with Crippen LogP contribution in [0.5, 0.6) is 11.5 Å². The van der Waals surface area contributed by atoms with E-state index in [9.17, 15) is 4.79 Å². The smallest absolute Gasteiger partial charge is 0.255 e. The third-order valence-corrected chi connectivity index (χ3v) is 3.26. The van der Waals surface area contributed by atoms with Gasteiger partial charge in [-0.1, -0.05) is 6.07 Å². The van der Waals surface area contributed by atoms with E-state index >= 15 is 0 Å². The van der Waals surface area contributed by atoms with Gasteiger partial charge in [-0.25, -0.2) is 0 Å². The molecule has 1 heterocycles. The predicted molar refractivity (Wildman–Crippen MR) is 76.1 cm³/mol. The van der Waals surface area contributed by atoms with Gasteiger partial charge >= 0.3 is 0 Å². The highest BCUT2D eigenvalue weighted by molar-refractivity contribution is 6.05. The van der Waals surface area contributed by atoms with Gasteiger partial charge in [0.05, 0.1) is 0 Å². The van der Waals surface area contributed by atoms with E-state index in [0.29, 0.717) is 28.4 Å². The molecule has 0 fully saturated rings. The first-order valence-corrected chi connectivity index (χ1v) is 6.21. The monoisotopic (exact) mass is 270 g/mol. The van der Waals surface area contributed by atoms with Crippen LogP contribution in [0.1, 0.15) is 15.9 Å². The zero-order valence-corrected chi connectivity index (χ0v) is 11.0. The second kappa shape index (κ2) is 4.77. The zero-order valence-electron chi connectivity index (χ0n) is 11.0. The first-order valence-electron chi connectivity index (χ1n) is 6.21. The molecule has 0 spiro atoms. The fraction of sp³-hybridized carbons (Fsp3) is 0.133. The number of benzene rings is 2. The molecule has 1 amide bonds. The van der Waals surface area contributed by atoms with Crippen LogP contribution in [0.15, 0.2) is 36.4 Å². The number of fused-ring (bicyclic) bond motifs is 1. The maximum absolute atomic E-state index is 12.2. The minimum Gasteiger partial charge on any atom is -0.454 e. The van der Waals surface area contributed by atoms with E-state index in [2.05, 4.69) is 5.32 Å². The number of carbonyl (C=O) groups excluding carboxylic acids is 1. The van der Waals surface area contributed by atoms with Crippen LogP contribution in [0.4, 0.5) is 11.4 Å². The van der Waals surface area contributed by atoms with Crippen molar-refractivity contribution in [2.75, 3.05) is 17.8 Å². The molecule has 102 valence electrons. The van der Waals surface area contributed by atoms with Gasteiger partial charge in [0.2, 0.25) is 6.79 Å². The molecule has 0 aromatic heterocycles. The average molecular weight is 270 g/mol. The van der Waals surface area contributed by atoms with Crippen LogP contribution in [0.25, 0.3) is 0 Å². The lowest BCUT2D eigenvalue weighted by atomic mass is 10.1. The Morgan fingerprint density at radius 3 is 2.85 bits per heavy atom. The highest BCUT2D eigenvalue weighted by Crippen LogP contribution is 2.32. The van der Waals surface area contributed by atoms with Crippen LogP contribution in [-0.2, 0) is 0 Å². The van der Waals surface area contributed by atoms with Crippen molar-refractivity contribution >= 4 is 17.3 Å². The SMILES string of the molecule is Cc1c(N)cccc1NC(=O)c1ccc2c(c1)OCO2. The number of nitrogen functional groups attached to an aromatic ring is 1. The molecule has 0 saturated heterocycles. The van der Waals surface area contributed by atoms with Gasteiger partial charge in [-0.05, 0) is 42.8 Å². The van der Waals surface area contributed by atoms with Crippen LogP contribution in [-0.4, -0.2) is 12.7 Å². The molecule has 0 bridgehead atoms. The topological polar surface area (TPSA) is 73.6 Å². The van der Waals surface area contributed by atoms with Crippen molar-refractivity contribution in [3.8, 4) is 11.5 Å². The summed E-state index contributed by atoms with van der Waals surface area (Å²) in [5.74, 6) is 1.03. The largest absolute Gasteiger partial charge is 0.454 e. The van der Waals surface area contributed by atoms with Crippen molar-refractivity contribution in [3.63, 3.8) is 0 Å². The molecule has 0 saturated carbocycles. The predicted octanol–water partition coefficient (Wildman–Crippen LogP) is 2.56. The number of nitrogens with one attached hydrogen (secondary N) is 1. The van der Waals surface area contributed by atoms with Crippen LogP contribution in [0, 0.1) is 6.92 Å². The van der Waals surface area contributed by atoms with Gasteiger partial charge in [0.15, 0.2) is 11.5 Å². The Balaban J connectivity index is 1.84. The molecule has 0 aliphatic carbocycles. The first kappa shape index (κ1) is 12.3. The summed E-state index contributed by atoms with van der Waals surface area (Å²) in [5, 5.41) is 2.84. The van der Waals surface area contributed by atoms with Crippen LogP contribution < -0.4 is 20.5 Å². The normalized spacial score (nSPS) is 12.2. The fourth-order valence-corrected chi connectivity index (χ4v) is 2.02. The maximum atomic E-state index is 12.2. The molecule has 1 aliphatic heterocycles. The molecular weight excluding hydrogens is 256 g/mol. The van der Waals surface area contributed by atoms with Crippen molar-refractivity contribution in [2.45, 2.75) is 6.92 Å². The summed E-state index contributed by atoms with van der Waals surface area (Å²) in [6.07, 6.45) is 0. The Labute approximate surface area is 116 Å². The van der Waals surface area contributed by atoms with Gasteiger partial charge in [-0.3, -0.25) is 4.79 Å². The number of hydrogen-bond donors (Lipinski definition) is 2. The number of nitrogens with two attached hydrogens (primary N) is 1. The minimum absolute atomic E-state index is 0.189. The van der Waals surface area contributed by atoms with E-state index < -0.39 is 0 Å². The summed E-state index contributed by atoms with van der Waals surface area (Å²) in [6.45, 7) is 2.05. The molecular formula is C15H14N2O3. The number of amides is 1. The summed E-state index contributed by atoms with van der Waals surface area (Å²) >= 11 is 0. The maximum Gasteiger partial charge on any atom is 0.255 e. The summed E-state index contributed by atoms with van der Waals surface area (Å²) in [4.78, 5) is 12.2. The molecule has 5 heteroatoms. The van der Waals surface area contributed by atoms with Gasteiger partial charge in [-0.2, -0.15) is 0 Å². The third kappa shape index (κ3) is 2.14. The van der Waals surface area contributed by atoms with Crippen LogP contribution in [0.3, 0.4) is 0 Å². The van der Waals surface area contributed by atoms with Gasteiger partial charge in [0.1, 0.15) is 0 Å². The molecule has 2 aromatic rings. The lowest BCUT2D eigenvalue weighted by Crippen LogP contribution is -2.13. The summed E-state index contributed by atoms with van der Waals surface area (Å²) in [6, 6.07) is 10.5. The lowest BCUT2D eigenvalue weighted by Gasteiger charge is -2.10. The highest BCUT2D eigenvalue weighted by Gasteiger charge is 2.16. The Morgan fingerprint density at radius 1 is 1.20 bits per heavy atom.